The number of rotatable bonds is 10. The molecule has 2 N–H and O–H groups in total. The first-order chi connectivity index (χ1) is 11.5. The van der Waals surface area contributed by atoms with E-state index in [1.807, 2.05) is 4.90 Å². The minimum atomic E-state index is -1.000. The summed E-state index contributed by atoms with van der Waals surface area (Å²) in [5.41, 5.74) is 0.0898. The maximum absolute atomic E-state index is 12.1. The summed E-state index contributed by atoms with van der Waals surface area (Å²) in [6.45, 7) is 6.94. The van der Waals surface area contributed by atoms with E-state index in [2.05, 4.69) is 24.1 Å². The van der Waals surface area contributed by atoms with E-state index >= 15 is 0 Å². The van der Waals surface area contributed by atoms with Gasteiger partial charge in [0.15, 0.2) is 10.0 Å². The third-order valence-electron chi connectivity index (χ3n) is 3.99. The number of carboxylic acid groups (broad SMARTS) is 1. The minimum absolute atomic E-state index is 0.0898. The number of carboxylic acids is 1. The molecular formula is C16H25N3O3S2. The van der Waals surface area contributed by atoms with Gasteiger partial charge in [-0.1, -0.05) is 25.6 Å². The molecule has 1 aliphatic heterocycles. The predicted molar refractivity (Wildman–Crippen MR) is 96.9 cm³/mol. The average Bonchev–Trinajstić information content (AvgIpc) is 3.12. The molecule has 0 unspecified atom stereocenters. The Morgan fingerprint density at radius 3 is 3.04 bits per heavy atom. The molecule has 1 amide bonds. The Balaban J connectivity index is 1.74. The van der Waals surface area contributed by atoms with E-state index in [9.17, 15) is 9.59 Å². The molecule has 1 saturated heterocycles. The second-order valence-corrected chi connectivity index (χ2v) is 8.52. The Morgan fingerprint density at radius 1 is 1.58 bits per heavy atom. The van der Waals surface area contributed by atoms with Gasteiger partial charge in [-0.2, -0.15) is 0 Å². The van der Waals surface area contributed by atoms with Gasteiger partial charge in [-0.15, -0.1) is 11.3 Å². The number of nitrogens with one attached hydrogen (secondary N) is 1. The molecule has 0 spiro atoms. The van der Waals surface area contributed by atoms with Crippen molar-refractivity contribution in [3.63, 3.8) is 0 Å². The zero-order chi connectivity index (χ0) is 17.5. The number of amides is 1. The highest BCUT2D eigenvalue weighted by atomic mass is 32.2. The highest BCUT2D eigenvalue weighted by molar-refractivity contribution is 8.01. The molecule has 1 atom stereocenters. The van der Waals surface area contributed by atoms with Crippen LogP contribution in [0.2, 0.25) is 0 Å². The van der Waals surface area contributed by atoms with Gasteiger partial charge in [-0.05, 0) is 25.3 Å². The van der Waals surface area contributed by atoms with Gasteiger partial charge in [0.2, 0.25) is 5.91 Å². The molecule has 6 nitrogen and oxygen atoms in total. The Morgan fingerprint density at radius 2 is 2.38 bits per heavy atom. The molecule has 8 heteroatoms. The largest absolute Gasteiger partial charge is 0.476 e. The summed E-state index contributed by atoms with van der Waals surface area (Å²) in [5, 5.41) is 13.9. The van der Waals surface area contributed by atoms with E-state index in [4.69, 9.17) is 5.11 Å². The number of aromatic nitrogens is 1. The molecule has 2 heterocycles. The fourth-order valence-corrected chi connectivity index (χ4v) is 4.43. The molecule has 0 bridgehead atoms. The summed E-state index contributed by atoms with van der Waals surface area (Å²) in [6, 6.07) is 0.274. The summed E-state index contributed by atoms with van der Waals surface area (Å²) in [4.78, 5) is 28.9. The van der Waals surface area contributed by atoms with Crippen LogP contribution >= 0.6 is 23.1 Å². The van der Waals surface area contributed by atoms with Crippen molar-refractivity contribution in [2.24, 2.45) is 5.92 Å². The highest BCUT2D eigenvalue weighted by Gasteiger charge is 2.30. The van der Waals surface area contributed by atoms with Crippen LogP contribution in [0, 0.1) is 5.92 Å². The lowest BCUT2D eigenvalue weighted by Gasteiger charge is -2.25. The van der Waals surface area contributed by atoms with Crippen molar-refractivity contribution in [3.8, 4) is 0 Å². The van der Waals surface area contributed by atoms with Crippen molar-refractivity contribution in [3.05, 3.63) is 11.1 Å². The summed E-state index contributed by atoms with van der Waals surface area (Å²) in [7, 11) is 0. The van der Waals surface area contributed by atoms with Crippen LogP contribution in [0.3, 0.4) is 0 Å². The average molecular weight is 372 g/mol. The second kappa shape index (κ2) is 9.39. The summed E-state index contributed by atoms with van der Waals surface area (Å²) in [5.74, 6) is 0.641. The number of aromatic carboxylic acids is 1. The van der Waals surface area contributed by atoms with Gasteiger partial charge in [0.05, 0.1) is 0 Å². The van der Waals surface area contributed by atoms with Gasteiger partial charge >= 0.3 is 5.97 Å². The van der Waals surface area contributed by atoms with Crippen molar-refractivity contribution in [1.29, 1.82) is 0 Å². The van der Waals surface area contributed by atoms with Crippen molar-refractivity contribution in [1.82, 2.24) is 15.2 Å². The van der Waals surface area contributed by atoms with Gasteiger partial charge in [0.1, 0.15) is 0 Å². The standard InChI is InChI=1S/C16H25N3O3S2/c1-11(2)5-6-17-9-12-3-4-14(20)19(12)7-8-23-16-18-13(10-24-16)15(21)22/h10-12,17H,3-9H2,1-2H3,(H,21,22)/t12-/m1/s1. The van der Waals surface area contributed by atoms with Crippen molar-refractivity contribution < 1.29 is 14.7 Å². The minimum Gasteiger partial charge on any atom is -0.476 e. The zero-order valence-electron chi connectivity index (χ0n) is 14.2. The quantitative estimate of drug-likeness (QED) is 0.486. The van der Waals surface area contributed by atoms with Crippen LogP contribution in [0.4, 0.5) is 0 Å². The number of likely N-dealkylation sites (tertiary alicyclic amines) is 1. The Bertz CT molecular complexity index is 563. The van der Waals surface area contributed by atoms with Crippen LogP contribution in [0.15, 0.2) is 9.72 Å². The molecule has 24 heavy (non-hydrogen) atoms. The third kappa shape index (κ3) is 5.75. The van der Waals surface area contributed by atoms with Crippen LogP contribution in [0.1, 0.15) is 43.6 Å². The van der Waals surface area contributed by atoms with Gasteiger partial charge < -0.3 is 15.3 Å². The topological polar surface area (TPSA) is 82.5 Å². The lowest BCUT2D eigenvalue weighted by molar-refractivity contribution is -0.128. The van der Waals surface area contributed by atoms with Crippen molar-refractivity contribution >= 4 is 35.0 Å². The van der Waals surface area contributed by atoms with E-state index < -0.39 is 5.97 Å². The molecular weight excluding hydrogens is 346 g/mol. The van der Waals surface area contributed by atoms with Crippen LogP contribution in [-0.2, 0) is 4.79 Å². The van der Waals surface area contributed by atoms with Gasteiger partial charge in [-0.25, -0.2) is 9.78 Å². The Kier molecular flexibility index (Phi) is 7.51. The number of thioether (sulfide) groups is 1. The molecule has 1 aromatic rings. The van der Waals surface area contributed by atoms with E-state index in [1.165, 1.54) is 23.1 Å². The zero-order valence-corrected chi connectivity index (χ0v) is 15.8. The third-order valence-corrected chi connectivity index (χ3v) is 5.99. The lowest BCUT2D eigenvalue weighted by atomic mass is 10.1. The fraction of sp³-hybridized carbons (Fsp3) is 0.688. The molecule has 0 radical (unpaired) electrons. The first-order valence-electron chi connectivity index (χ1n) is 8.29. The molecule has 0 saturated carbocycles. The number of hydrogen-bond donors (Lipinski definition) is 2. The van der Waals surface area contributed by atoms with E-state index in [-0.39, 0.29) is 17.6 Å². The van der Waals surface area contributed by atoms with Crippen LogP contribution in [-0.4, -0.2) is 58.3 Å². The van der Waals surface area contributed by atoms with Gasteiger partial charge in [0, 0.05) is 36.7 Å². The Labute approximate surface area is 151 Å². The van der Waals surface area contributed by atoms with Gasteiger partial charge in [-0.3, -0.25) is 4.79 Å². The van der Waals surface area contributed by atoms with Crippen molar-refractivity contribution in [2.75, 3.05) is 25.4 Å². The van der Waals surface area contributed by atoms with Crippen LogP contribution in [0.5, 0.6) is 0 Å². The first-order valence-corrected chi connectivity index (χ1v) is 10.2. The molecule has 1 aliphatic rings. The number of hydrogen-bond acceptors (Lipinski definition) is 6. The predicted octanol–water partition coefficient (Wildman–Crippen LogP) is 2.56. The SMILES string of the molecule is CC(C)CCNC[C@H]1CCC(=O)N1CCSc1nc(C(=O)O)cs1. The number of carbonyl (C=O) groups is 2. The number of thiazole rings is 1. The van der Waals surface area contributed by atoms with E-state index in [0.29, 0.717) is 18.9 Å². The maximum Gasteiger partial charge on any atom is 0.355 e. The first kappa shape index (κ1) is 19.2. The van der Waals surface area contributed by atoms with E-state index in [1.54, 1.807) is 5.38 Å². The van der Waals surface area contributed by atoms with E-state index in [0.717, 1.165) is 36.0 Å². The monoisotopic (exact) mass is 371 g/mol. The summed E-state index contributed by atoms with van der Waals surface area (Å²) in [6.07, 6.45) is 2.69. The smallest absolute Gasteiger partial charge is 0.355 e. The van der Waals surface area contributed by atoms with Gasteiger partial charge in [0.25, 0.3) is 0 Å². The van der Waals surface area contributed by atoms with Crippen LogP contribution in [0.25, 0.3) is 0 Å². The molecule has 0 aromatic carbocycles. The Hall–Kier alpha value is -1.12. The maximum atomic E-state index is 12.1. The van der Waals surface area contributed by atoms with Crippen molar-refractivity contribution in [2.45, 2.75) is 43.5 Å². The number of nitrogens with zero attached hydrogens (tertiary/aromatic N) is 2. The molecule has 0 aliphatic carbocycles. The van der Waals surface area contributed by atoms with Crippen LogP contribution < -0.4 is 5.32 Å². The number of carbonyl (C=O) groups excluding carboxylic acids is 1. The molecule has 1 fully saturated rings. The fourth-order valence-electron chi connectivity index (χ4n) is 2.63. The summed E-state index contributed by atoms with van der Waals surface area (Å²) < 4.78 is 0.741. The molecule has 1 aromatic heterocycles. The normalized spacial score (nSPS) is 17.9. The molecule has 2 rings (SSSR count). The summed E-state index contributed by atoms with van der Waals surface area (Å²) >= 11 is 2.85. The lowest BCUT2D eigenvalue weighted by Crippen LogP contribution is -2.41. The highest BCUT2D eigenvalue weighted by Crippen LogP contribution is 2.24. The second-order valence-electron chi connectivity index (χ2n) is 6.32. The molecule has 134 valence electrons.